The molecule has 0 spiro atoms. The van der Waals surface area contributed by atoms with Crippen LogP contribution in [0.25, 0.3) is 0 Å². The lowest BCUT2D eigenvalue weighted by molar-refractivity contribution is 0.481. The van der Waals surface area contributed by atoms with Gasteiger partial charge in [0, 0.05) is 11.6 Å². The Morgan fingerprint density at radius 1 is 1.29 bits per heavy atom. The van der Waals surface area contributed by atoms with Crippen LogP contribution in [-0.4, -0.2) is 12.6 Å². The molecule has 2 nitrogen and oxygen atoms in total. The van der Waals surface area contributed by atoms with Crippen LogP contribution in [0.4, 0.5) is 0 Å². The van der Waals surface area contributed by atoms with Crippen LogP contribution in [0.5, 0.6) is 0 Å². The van der Waals surface area contributed by atoms with Gasteiger partial charge < -0.3 is 5.32 Å². The summed E-state index contributed by atoms with van der Waals surface area (Å²) in [4.78, 5) is 0. The Labute approximate surface area is 109 Å². The highest BCUT2D eigenvalue weighted by Crippen LogP contribution is 2.10. The van der Waals surface area contributed by atoms with E-state index < -0.39 is 0 Å². The standard InChI is InChI=1S/C14H19ClN2/c1-11(2)9-14(10-16)17-8-7-12-3-5-13(15)6-4-12/h3-6,11,14,17H,7-9H2,1-2H3. The third kappa shape index (κ3) is 5.72. The molecule has 0 aromatic heterocycles. The lowest BCUT2D eigenvalue weighted by Gasteiger charge is -2.13. The molecule has 17 heavy (non-hydrogen) atoms. The predicted molar refractivity (Wildman–Crippen MR) is 72.0 cm³/mol. The molecule has 0 aliphatic rings. The Morgan fingerprint density at radius 3 is 2.47 bits per heavy atom. The Morgan fingerprint density at radius 2 is 1.94 bits per heavy atom. The van der Waals surface area contributed by atoms with Crippen LogP contribution < -0.4 is 5.32 Å². The van der Waals surface area contributed by atoms with Gasteiger partial charge in [-0.05, 0) is 36.5 Å². The first-order valence-electron chi connectivity index (χ1n) is 5.99. The summed E-state index contributed by atoms with van der Waals surface area (Å²) in [5, 5.41) is 13.0. The molecule has 1 rings (SSSR count). The zero-order valence-electron chi connectivity index (χ0n) is 10.4. The minimum absolute atomic E-state index is 0.0395. The van der Waals surface area contributed by atoms with Gasteiger partial charge in [-0.3, -0.25) is 0 Å². The highest BCUT2D eigenvalue weighted by Gasteiger charge is 2.08. The highest BCUT2D eigenvalue weighted by atomic mass is 35.5. The van der Waals surface area contributed by atoms with Crippen LogP contribution >= 0.6 is 11.6 Å². The number of hydrogen-bond donors (Lipinski definition) is 1. The fourth-order valence-electron chi connectivity index (χ4n) is 1.69. The number of nitrogens with zero attached hydrogens (tertiary/aromatic N) is 1. The van der Waals surface area contributed by atoms with E-state index in [-0.39, 0.29) is 6.04 Å². The van der Waals surface area contributed by atoms with E-state index in [0.717, 1.165) is 24.4 Å². The van der Waals surface area contributed by atoms with Crippen molar-refractivity contribution >= 4 is 11.6 Å². The average molecular weight is 251 g/mol. The first-order chi connectivity index (χ1) is 8.11. The monoisotopic (exact) mass is 250 g/mol. The van der Waals surface area contributed by atoms with Gasteiger partial charge in [0.15, 0.2) is 0 Å². The number of nitriles is 1. The second-order valence-electron chi connectivity index (χ2n) is 4.64. The van der Waals surface area contributed by atoms with Crippen LogP contribution in [0.3, 0.4) is 0 Å². The molecule has 0 fully saturated rings. The third-order valence-electron chi connectivity index (χ3n) is 2.58. The van der Waals surface area contributed by atoms with Gasteiger partial charge in [0.25, 0.3) is 0 Å². The third-order valence-corrected chi connectivity index (χ3v) is 2.83. The van der Waals surface area contributed by atoms with Crippen molar-refractivity contribution in [3.8, 4) is 6.07 Å². The van der Waals surface area contributed by atoms with Crippen LogP contribution in [0, 0.1) is 17.2 Å². The lowest BCUT2D eigenvalue weighted by Crippen LogP contribution is -2.30. The van der Waals surface area contributed by atoms with E-state index in [2.05, 4.69) is 25.2 Å². The molecule has 3 heteroatoms. The smallest absolute Gasteiger partial charge is 0.0955 e. The molecule has 0 saturated carbocycles. The van der Waals surface area contributed by atoms with Gasteiger partial charge in [-0.25, -0.2) is 0 Å². The van der Waals surface area contributed by atoms with Gasteiger partial charge in [0.05, 0.1) is 12.1 Å². The molecule has 1 aromatic rings. The Bertz CT molecular complexity index is 365. The molecule has 1 aromatic carbocycles. The van der Waals surface area contributed by atoms with Crippen molar-refractivity contribution in [1.29, 1.82) is 5.26 Å². The van der Waals surface area contributed by atoms with Gasteiger partial charge >= 0.3 is 0 Å². The summed E-state index contributed by atoms with van der Waals surface area (Å²) in [5.74, 6) is 0.544. The molecule has 92 valence electrons. The summed E-state index contributed by atoms with van der Waals surface area (Å²) in [5.41, 5.74) is 1.24. The van der Waals surface area contributed by atoms with Crippen molar-refractivity contribution in [2.75, 3.05) is 6.54 Å². The molecule has 0 amide bonds. The average Bonchev–Trinajstić information content (AvgIpc) is 2.30. The van der Waals surface area contributed by atoms with E-state index >= 15 is 0 Å². The maximum Gasteiger partial charge on any atom is 0.0955 e. The molecule has 1 atom stereocenters. The minimum Gasteiger partial charge on any atom is -0.302 e. The van der Waals surface area contributed by atoms with Crippen LogP contribution in [0.15, 0.2) is 24.3 Å². The normalized spacial score (nSPS) is 12.4. The van der Waals surface area contributed by atoms with Crippen molar-refractivity contribution in [2.45, 2.75) is 32.7 Å². The van der Waals surface area contributed by atoms with E-state index in [0.29, 0.717) is 5.92 Å². The zero-order chi connectivity index (χ0) is 12.7. The molecule has 0 saturated heterocycles. The second-order valence-corrected chi connectivity index (χ2v) is 5.08. The molecule has 0 bridgehead atoms. The van der Waals surface area contributed by atoms with Crippen LogP contribution in [-0.2, 0) is 6.42 Å². The molecule has 0 radical (unpaired) electrons. The van der Waals surface area contributed by atoms with E-state index in [1.807, 2.05) is 24.3 Å². The Kier molecular flexibility index (Phi) is 6.04. The Balaban J connectivity index is 2.31. The topological polar surface area (TPSA) is 35.8 Å². The quantitative estimate of drug-likeness (QED) is 0.840. The SMILES string of the molecule is CC(C)CC(C#N)NCCc1ccc(Cl)cc1. The summed E-state index contributed by atoms with van der Waals surface area (Å²) >= 11 is 5.82. The largest absolute Gasteiger partial charge is 0.302 e. The highest BCUT2D eigenvalue weighted by molar-refractivity contribution is 6.30. The minimum atomic E-state index is -0.0395. The summed E-state index contributed by atoms with van der Waals surface area (Å²) in [6.45, 7) is 5.09. The van der Waals surface area contributed by atoms with E-state index in [9.17, 15) is 0 Å². The fraction of sp³-hybridized carbons (Fsp3) is 0.500. The van der Waals surface area contributed by atoms with Gasteiger partial charge in [-0.1, -0.05) is 37.6 Å². The van der Waals surface area contributed by atoms with Crippen molar-refractivity contribution in [1.82, 2.24) is 5.32 Å². The Hall–Kier alpha value is -1.04. The van der Waals surface area contributed by atoms with Gasteiger partial charge in [0.1, 0.15) is 0 Å². The molecular formula is C14H19ClN2. The van der Waals surface area contributed by atoms with Crippen LogP contribution in [0.2, 0.25) is 5.02 Å². The van der Waals surface area contributed by atoms with E-state index in [1.54, 1.807) is 0 Å². The molecule has 0 aliphatic carbocycles. The van der Waals surface area contributed by atoms with Crippen molar-refractivity contribution < 1.29 is 0 Å². The summed E-state index contributed by atoms with van der Waals surface area (Å²) < 4.78 is 0. The lowest BCUT2D eigenvalue weighted by atomic mass is 10.0. The summed E-state index contributed by atoms with van der Waals surface area (Å²) in [6, 6.07) is 10.1. The molecule has 0 heterocycles. The van der Waals surface area contributed by atoms with Crippen molar-refractivity contribution in [3.05, 3.63) is 34.9 Å². The number of halogens is 1. The van der Waals surface area contributed by atoms with E-state index in [1.165, 1.54) is 5.56 Å². The second kappa shape index (κ2) is 7.32. The van der Waals surface area contributed by atoms with Crippen molar-refractivity contribution in [3.63, 3.8) is 0 Å². The summed E-state index contributed by atoms with van der Waals surface area (Å²) in [6.07, 6.45) is 1.82. The maximum absolute atomic E-state index is 8.98. The molecule has 1 N–H and O–H groups in total. The first kappa shape index (κ1) is 14.0. The van der Waals surface area contributed by atoms with Crippen LogP contribution in [0.1, 0.15) is 25.8 Å². The number of nitrogens with one attached hydrogen (secondary N) is 1. The van der Waals surface area contributed by atoms with E-state index in [4.69, 9.17) is 16.9 Å². The summed E-state index contributed by atoms with van der Waals surface area (Å²) in [7, 11) is 0. The predicted octanol–water partition coefficient (Wildman–Crippen LogP) is 3.41. The van der Waals surface area contributed by atoms with Gasteiger partial charge in [-0.15, -0.1) is 0 Å². The number of hydrogen-bond acceptors (Lipinski definition) is 2. The number of rotatable bonds is 6. The zero-order valence-corrected chi connectivity index (χ0v) is 11.2. The first-order valence-corrected chi connectivity index (χ1v) is 6.37. The molecule has 0 aliphatic heterocycles. The fourth-order valence-corrected chi connectivity index (χ4v) is 1.82. The van der Waals surface area contributed by atoms with Gasteiger partial charge in [-0.2, -0.15) is 5.26 Å². The van der Waals surface area contributed by atoms with Crippen molar-refractivity contribution in [2.24, 2.45) is 5.92 Å². The molecular weight excluding hydrogens is 232 g/mol. The maximum atomic E-state index is 8.98. The van der Waals surface area contributed by atoms with Gasteiger partial charge in [0.2, 0.25) is 0 Å². The molecule has 1 unspecified atom stereocenters. The number of benzene rings is 1.